The first-order chi connectivity index (χ1) is 12.9. The number of nitrogens with one attached hydrogen (secondary N) is 1. The topological polar surface area (TPSA) is 21.3 Å². The van der Waals surface area contributed by atoms with E-state index in [2.05, 4.69) is 42.2 Å². The molecule has 0 aliphatic rings. The molecule has 0 unspecified atom stereocenters. The van der Waals surface area contributed by atoms with Crippen molar-refractivity contribution >= 4 is 5.69 Å². The van der Waals surface area contributed by atoms with Crippen LogP contribution in [0.25, 0.3) is 0 Å². The van der Waals surface area contributed by atoms with Crippen molar-refractivity contribution in [1.29, 1.82) is 0 Å². The normalized spacial score (nSPS) is 10.5. The highest BCUT2D eigenvalue weighted by atomic mass is 16.5. The smallest absolute Gasteiger partial charge is 0.142 e. The van der Waals surface area contributed by atoms with E-state index in [1.165, 1.54) is 44.1 Å². The van der Waals surface area contributed by atoms with Crippen molar-refractivity contribution in [2.75, 3.05) is 11.9 Å². The van der Waals surface area contributed by atoms with E-state index in [1.54, 1.807) is 0 Å². The zero-order chi connectivity index (χ0) is 18.3. The van der Waals surface area contributed by atoms with Crippen molar-refractivity contribution in [3.05, 3.63) is 72.8 Å². The van der Waals surface area contributed by atoms with Crippen LogP contribution in [0.1, 0.15) is 56.9 Å². The summed E-state index contributed by atoms with van der Waals surface area (Å²) in [5, 5.41) is 3.48. The van der Waals surface area contributed by atoms with Crippen molar-refractivity contribution in [3.63, 3.8) is 0 Å². The van der Waals surface area contributed by atoms with Crippen LogP contribution in [0.4, 0.5) is 5.69 Å². The van der Waals surface area contributed by atoms with E-state index >= 15 is 0 Å². The Morgan fingerprint density at radius 2 is 1.42 bits per heavy atom. The molecule has 0 amide bonds. The number of ether oxygens (including phenoxy) is 1. The summed E-state index contributed by atoms with van der Waals surface area (Å²) in [6.45, 7) is 5.37. The predicted molar refractivity (Wildman–Crippen MR) is 113 cm³/mol. The molecule has 2 aromatic rings. The maximum Gasteiger partial charge on any atom is 0.142 e. The summed E-state index contributed by atoms with van der Waals surface area (Å²) in [7, 11) is 0. The molecular weight excluding hydrogens is 318 g/mol. The van der Waals surface area contributed by atoms with E-state index in [-0.39, 0.29) is 0 Å². The van der Waals surface area contributed by atoms with Crippen molar-refractivity contribution in [1.82, 2.24) is 0 Å². The summed E-state index contributed by atoms with van der Waals surface area (Å²) in [5.41, 5.74) is 2.34. The Morgan fingerprint density at radius 1 is 0.769 bits per heavy atom. The Morgan fingerprint density at radius 3 is 2.19 bits per heavy atom. The molecule has 0 saturated carbocycles. The van der Waals surface area contributed by atoms with Gasteiger partial charge >= 0.3 is 0 Å². The summed E-state index contributed by atoms with van der Waals surface area (Å²) in [6.07, 6.45) is 12.2. The fraction of sp³-hybridized carbons (Fsp3) is 0.417. The number of allylic oxidation sites excluding steroid dienone is 1. The minimum Gasteiger partial charge on any atom is -0.491 e. The van der Waals surface area contributed by atoms with Crippen molar-refractivity contribution in [3.8, 4) is 5.75 Å². The van der Waals surface area contributed by atoms with E-state index in [4.69, 9.17) is 4.74 Å². The zero-order valence-electron chi connectivity index (χ0n) is 16.0. The lowest BCUT2D eigenvalue weighted by atomic mass is 10.1. The lowest BCUT2D eigenvalue weighted by Gasteiger charge is -2.13. The zero-order valence-corrected chi connectivity index (χ0v) is 16.0. The fourth-order valence-electron chi connectivity index (χ4n) is 2.99. The lowest BCUT2D eigenvalue weighted by Crippen LogP contribution is -2.04. The molecule has 26 heavy (non-hydrogen) atoms. The van der Waals surface area contributed by atoms with Gasteiger partial charge in [0, 0.05) is 6.54 Å². The van der Waals surface area contributed by atoms with Gasteiger partial charge in [-0.1, -0.05) is 80.6 Å². The van der Waals surface area contributed by atoms with E-state index in [0.29, 0.717) is 0 Å². The molecule has 0 bridgehead atoms. The number of rotatable bonds is 14. The molecule has 0 radical (unpaired) electrons. The monoisotopic (exact) mass is 351 g/mol. The third-order valence-electron chi connectivity index (χ3n) is 4.52. The highest BCUT2D eigenvalue weighted by Crippen LogP contribution is 2.24. The number of para-hydroxylation sites is 2. The van der Waals surface area contributed by atoms with Gasteiger partial charge in [-0.15, -0.1) is 6.58 Å². The summed E-state index contributed by atoms with van der Waals surface area (Å²) in [4.78, 5) is 0. The quantitative estimate of drug-likeness (QED) is 0.293. The molecule has 0 fully saturated rings. The molecule has 0 heterocycles. The van der Waals surface area contributed by atoms with Crippen LogP contribution in [-0.4, -0.2) is 6.61 Å². The van der Waals surface area contributed by atoms with Crippen LogP contribution in [0.15, 0.2) is 67.3 Å². The van der Waals surface area contributed by atoms with Crippen molar-refractivity contribution in [2.24, 2.45) is 0 Å². The highest BCUT2D eigenvalue weighted by molar-refractivity contribution is 5.56. The molecule has 2 aromatic carbocycles. The van der Waals surface area contributed by atoms with Crippen LogP contribution in [-0.2, 0) is 6.54 Å². The van der Waals surface area contributed by atoms with Gasteiger partial charge in [0.1, 0.15) is 5.75 Å². The second kappa shape index (κ2) is 13.0. The molecule has 2 heteroatoms. The van der Waals surface area contributed by atoms with Crippen LogP contribution < -0.4 is 10.1 Å². The maximum absolute atomic E-state index is 6.01. The molecule has 0 spiro atoms. The largest absolute Gasteiger partial charge is 0.491 e. The molecule has 2 rings (SSSR count). The Kier molecular flexibility index (Phi) is 10.1. The van der Waals surface area contributed by atoms with Gasteiger partial charge in [0.2, 0.25) is 0 Å². The third-order valence-corrected chi connectivity index (χ3v) is 4.52. The van der Waals surface area contributed by atoms with Gasteiger partial charge in [-0.05, 0) is 37.0 Å². The van der Waals surface area contributed by atoms with Crippen LogP contribution >= 0.6 is 0 Å². The highest BCUT2D eigenvalue weighted by Gasteiger charge is 2.02. The molecule has 2 nitrogen and oxygen atoms in total. The van der Waals surface area contributed by atoms with E-state index in [1.807, 2.05) is 30.3 Å². The summed E-state index contributed by atoms with van der Waals surface area (Å²) < 4.78 is 6.01. The Balaban J connectivity index is 1.61. The fourth-order valence-corrected chi connectivity index (χ4v) is 2.99. The minimum atomic E-state index is 0.792. The second-order valence-corrected chi connectivity index (χ2v) is 6.74. The maximum atomic E-state index is 6.01. The predicted octanol–water partition coefficient (Wildman–Crippen LogP) is 6.98. The summed E-state index contributed by atoms with van der Waals surface area (Å²) in [6, 6.07) is 18.7. The Labute approximate surface area is 159 Å². The third kappa shape index (κ3) is 8.24. The van der Waals surface area contributed by atoms with Crippen LogP contribution in [0.2, 0.25) is 0 Å². The van der Waals surface area contributed by atoms with Crippen molar-refractivity contribution in [2.45, 2.75) is 57.9 Å². The standard InChI is InChI=1S/C24H33NO/c1-2-3-4-5-6-7-8-9-15-20-26-24-19-14-13-18-23(24)25-21-22-16-11-10-12-17-22/h2,10-14,16-19,25H,1,3-9,15,20-21H2. The van der Waals surface area contributed by atoms with Crippen molar-refractivity contribution < 1.29 is 4.74 Å². The molecule has 0 aromatic heterocycles. The molecular formula is C24H33NO. The van der Waals surface area contributed by atoms with Gasteiger partial charge < -0.3 is 10.1 Å². The van der Waals surface area contributed by atoms with Gasteiger partial charge in [-0.3, -0.25) is 0 Å². The van der Waals surface area contributed by atoms with Gasteiger partial charge in [0.15, 0.2) is 0 Å². The average molecular weight is 352 g/mol. The van der Waals surface area contributed by atoms with Crippen LogP contribution in [0.3, 0.4) is 0 Å². The molecule has 140 valence electrons. The number of anilines is 1. The first-order valence-electron chi connectivity index (χ1n) is 10.0. The average Bonchev–Trinajstić information content (AvgIpc) is 2.69. The lowest BCUT2D eigenvalue weighted by molar-refractivity contribution is 0.305. The summed E-state index contributed by atoms with van der Waals surface area (Å²) >= 11 is 0. The van der Waals surface area contributed by atoms with Gasteiger partial charge in [-0.25, -0.2) is 0 Å². The number of unbranched alkanes of at least 4 members (excludes halogenated alkanes) is 7. The summed E-state index contributed by atoms with van der Waals surface area (Å²) in [5.74, 6) is 0.952. The first-order valence-corrected chi connectivity index (χ1v) is 10.0. The van der Waals surface area contributed by atoms with Crippen LogP contribution in [0, 0.1) is 0 Å². The van der Waals surface area contributed by atoms with E-state index < -0.39 is 0 Å². The van der Waals surface area contributed by atoms with Crippen LogP contribution in [0.5, 0.6) is 5.75 Å². The van der Waals surface area contributed by atoms with Gasteiger partial charge in [0.05, 0.1) is 12.3 Å². The minimum absolute atomic E-state index is 0.792. The molecule has 0 saturated heterocycles. The van der Waals surface area contributed by atoms with Gasteiger partial charge in [-0.2, -0.15) is 0 Å². The number of benzene rings is 2. The number of hydrogen-bond acceptors (Lipinski definition) is 2. The molecule has 0 aliphatic heterocycles. The second-order valence-electron chi connectivity index (χ2n) is 6.74. The van der Waals surface area contributed by atoms with Gasteiger partial charge in [0.25, 0.3) is 0 Å². The molecule has 1 N–H and O–H groups in total. The molecule has 0 atom stereocenters. The Bertz CT molecular complexity index is 609. The molecule has 0 aliphatic carbocycles. The van der Waals surface area contributed by atoms with E-state index in [0.717, 1.165) is 37.4 Å². The Hall–Kier alpha value is -2.22. The van der Waals surface area contributed by atoms with E-state index in [9.17, 15) is 0 Å². The SMILES string of the molecule is C=CCCCCCCCCCOc1ccccc1NCc1ccccc1. The number of hydrogen-bond donors (Lipinski definition) is 1. The first kappa shape index (κ1) is 20.1.